The molecule has 0 aliphatic rings. The van der Waals surface area contributed by atoms with Crippen LogP contribution in [0.2, 0.25) is 0 Å². The first-order valence-electron chi connectivity index (χ1n) is 13.4. The van der Waals surface area contributed by atoms with Crippen molar-refractivity contribution in [1.82, 2.24) is 0 Å². The molecule has 0 saturated carbocycles. The zero-order valence-corrected chi connectivity index (χ0v) is 23.2. The first-order chi connectivity index (χ1) is 18.9. The first-order valence-corrected chi connectivity index (χ1v) is 13.4. The number of hydrogen-bond acceptors (Lipinski definition) is 5. The third-order valence-corrected chi connectivity index (χ3v) is 8.31. The normalized spacial score (nSPS) is 12.4. The summed E-state index contributed by atoms with van der Waals surface area (Å²) in [6.45, 7) is 10.1. The Bertz CT molecular complexity index is 2020. The highest BCUT2D eigenvalue weighted by Crippen LogP contribution is 2.48. The molecular formula is C34H31NO4. The molecule has 0 fully saturated rings. The third kappa shape index (κ3) is 3.19. The van der Waals surface area contributed by atoms with E-state index in [4.69, 9.17) is 9.47 Å². The molecule has 6 rings (SSSR count). The number of aryl methyl sites for hydroxylation is 1. The number of ether oxygens (including phenoxy) is 2. The summed E-state index contributed by atoms with van der Waals surface area (Å²) in [5.41, 5.74) is 3.20. The van der Waals surface area contributed by atoms with E-state index in [2.05, 4.69) is 49.9 Å². The second-order valence-electron chi connectivity index (χ2n) is 9.97. The molecule has 0 unspecified atom stereocenters. The van der Waals surface area contributed by atoms with Crippen LogP contribution in [0.4, 0.5) is 5.69 Å². The Morgan fingerprint density at radius 3 is 1.79 bits per heavy atom. The van der Waals surface area contributed by atoms with Crippen molar-refractivity contribution in [2.75, 3.05) is 32.2 Å². The molecule has 0 aromatic heterocycles. The van der Waals surface area contributed by atoms with Gasteiger partial charge in [0.1, 0.15) is 0 Å². The minimum absolute atomic E-state index is 0.419. The quantitative estimate of drug-likeness (QED) is 0.228. The molecule has 0 amide bonds. The van der Waals surface area contributed by atoms with E-state index in [0.717, 1.165) is 83.4 Å². The number of hydrogen-bond donors (Lipinski definition) is 0. The minimum atomic E-state index is -0.419. The maximum absolute atomic E-state index is 13.7. The van der Waals surface area contributed by atoms with Gasteiger partial charge in [0.05, 0.1) is 25.3 Å². The lowest BCUT2D eigenvalue weighted by molar-refractivity contribution is 0.0593. The van der Waals surface area contributed by atoms with Gasteiger partial charge < -0.3 is 14.4 Å². The zero-order valence-electron chi connectivity index (χ0n) is 23.2. The maximum atomic E-state index is 13.7. The molecule has 5 heteroatoms. The van der Waals surface area contributed by atoms with E-state index < -0.39 is 11.9 Å². The molecule has 0 aliphatic heterocycles. The Balaban J connectivity index is 2.03. The molecule has 0 aliphatic carbocycles. The van der Waals surface area contributed by atoms with E-state index in [9.17, 15) is 9.59 Å². The number of nitrogens with zero attached hydrogens (tertiary/aromatic N) is 1. The van der Waals surface area contributed by atoms with Crippen LogP contribution >= 0.6 is 0 Å². The van der Waals surface area contributed by atoms with E-state index in [-0.39, 0.29) is 0 Å². The molecule has 0 N–H and O–H groups in total. The van der Waals surface area contributed by atoms with Gasteiger partial charge in [-0.2, -0.15) is 0 Å². The van der Waals surface area contributed by atoms with E-state index >= 15 is 0 Å². The van der Waals surface area contributed by atoms with Crippen molar-refractivity contribution in [3.05, 3.63) is 70.4 Å². The van der Waals surface area contributed by atoms with Gasteiger partial charge in [-0.15, -0.1) is 0 Å². The summed E-state index contributed by atoms with van der Waals surface area (Å²) in [7, 11) is 2.83. The minimum Gasteiger partial charge on any atom is -0.465 e. The number of rotatable bonds is 5. The first kappa shape index (κ1) is 24.9. The molecule has 39 heavy (non-hydrogen) atoms. The van der Waals surface area contributed by atoms with Crippen LogP contribution in [0, 0.1) is 6.92 Å². The summed E-state index contributed by atoms with van der Waals surface area (Å²) in [4.78, 5) is 29.8. The summed E-state index contributed by atoms with van der Waals surface area (Å²) in [6.07, 6.45) is 2.03. The molecule has 6 aromatic carbocycles. The number of benzene rings is 4. The van der Waals surface area contributed by atoms with Crippen molar-refractivity contribution in [3.63, 3.8) is 0 Å². The summed E-state index contributed by atoms with van der Waals surface area (Å²) in [5, 5.41) is 9.85. The third-order valence-electron chi connectivity index (χ3n) is 8.31. The van der Waals surface area contributed by atoms with Crippen molar-refractivity contribution < 1.29 is 19.1 Å². The molecule has 0 atom stereocenters. The topological polar surface area (TPSA) is 55.8 Å². The van der Waals surface area contributed by atoms with Crippen LogP contribution in [-0.2, 0) is 9.47 Å². The van der Waals surface area contributed by atoms with Crippen molar-refractivity contribution in [2.24, 2.45) is 0 Å². The van der Waals surface area contributed by atoms with E-state index in [1.807, 2.05) is 37.3 Å². The summed E-state index contributed by atoms with van der Waals surface area (Å²) in [5.74, 6) is -0.838. The van der Waals surface area contributed by atoms with Crippen molar-refractivity contribution in [1.29, 1.82) is 0 Å². The highest BCUT2D eigenvalue weighted by atomic mass is 16.5. The van der Waals surface area contributed by atoms with Crippen LogP contribution in [0.5, 0.6) is 0 Å². The molecular weight excluding hydrogens is 486 g/mol. The standard InChI is InChI=1S/C34H31NO4/c1-7-19-25-18(4)12-10-14-21(25)28-27(19)31(33(36)38-5)29-22-15-11-13-20-24(35(8-2)9-3)17-16-23(26(20)22)30(29)32(28)34(37)39-6/h7,10-17H,8-9H2,1-6H3/b19-7+. The zero-order chi connectivity index (χ0) is 27.6. The van der Waals surface area contributed by atoms with Crippen LogP contribution in [-0.4, -0.2) is 39.2 Å². The van der Waals surface area contributed by atoms with Gasteiger partial charge in [-0.3, -0.25) is 0 Å². The second-order valence-corrected chi connectivity index (χ2v) is 9.97. The summed E-state index contributed by atoms with van der Waals surface area (Å²) >= 11 is 0. The Kier molecular flexibility index (Phi) is 5.83. The number of carbonyl (C=O) groups is 2. The maximum Gasteiger partial charge on any atom is 0.339 e. The molecule has 0 heterocycles. The largest absolute Gasteiger partial charge is 0.465 e. The second kappa shape index (κ2) is 9.12. The van der Waals surface area contributed by atoms with Crippen LogP contribution in [0.15, 0.2) is 48.5 Å². The molecule has 6 aromatic rings. The summed E-state index contributed by atoms with van der Waals surface area (Å²) in [6, 6.07) is 16.5. The predicted molar refractivity (Wildman–Crippen MR) is 161 cm³/mol. The van der Waals surface area contributed by atoms with Gasteiger partial charge in [0.15, 0.2) is 0 Å². The lowest BCUT2D eigenvalue weighted by Crippen LogP contribution is -2.21. The lowest BCUT2D eigenvalue weighted by Gasteiger charge is -2.23. The SMILES string of the molecule is C/C=c1\c2c(C)cccc2c2c(C(=O)OC)c3c4ccc(N(CC)CC)c5cccc(c3c(C(=O)OC)c12)c54. The number of fused-ring (bicyclic) bond motifs is 6. The molecule has 0 bridgehead atoms. The lowest BCUT2D eigenvalue weighted by atomic mass is 9.93. The fourth-order valence-corrected chi connectivity index (χ4v) is 6.74. The van der Waals surface area contributed by atoms with Gasteiger partial charge in [-0.05, 0) is 71.5 Å². The number of methoxy groups -OCH3 is 2. The Morgan fingerprint density at radius 1 is 0.692 bits per heavy atom. The van der Waals surface area contributed by atoms with E-state index in [1.54, 1.807) is 0 Å². The van der Waals surface area contributed by atoms with Crippen molar-refractivity contribution in [2.45, 2.75) is 27.7 Å². The Labute approximate surface area is 226 Å². The number of anilines is 1. The fraction of sp³-hybridized carbons (Fsp3) is 0.235. The average molecular weight is 518 g/mol. The van der Waals surface area contributed by atoms with Crippen LogP contribution < -0.4 is 10.1 Å². The van der Waals surface area contributed by atoms with Gasteiger partial charge in [-0.1, -0.05) is 48.5 Å². The Morgan fingerprint density at radius 2 is 1.21 bits per heavy atom. The molecule has 196 valence electrons. The highest BCUT2D eigenvalue weighted by Gasteiger charge is 2.31. The summed E-state index contributed by atoms with van der Waals surface area (Å²) < 4.78 is 10.9. The van der Waals surface area contributed by atoms with Crippen LogP contribution in [0.1, 0.15) is 47.1 Å². The van der Waals surface area contributed by atoms with Crippen LogP contribution in [0.3, 0.4) is 0 Å². The number of carbonyl (C=O) groups excluding carboxylic acids is 2. The molecule has 0 saturated heterocycles. The fourth-order valence-electron chi connectivity index (χ4n) is 6.74. The van der Waals surface area contributed by atoms with Gasteiger partial charge in [0, 0.05) is 45.7 Å². The monoisotopic (exact) mass is 517 g/mol. The van der Waals surface area contributed by atoms with E-state index in [1.165, 1.54) is 14.2 Å². The molecule has 0 spiro atoms. The number of esters is 2. The highest BCUT2D eigenvalue weighted by molar-refractivity contribution is 6.43. The average Bonchev–Trinajstić information content (AvgIpc) is 3.47. The van der Waals surface area contributed by atoms with Crippen LogP contribution in [0.25, 0.3) is 59.9 Å². The molecule has 5 nitrogen and oxygen atoms in total. The van der Waals surface area contributed by atoms with Gasteiger partial charge in [-0.25, -0.2) is 9.59 Å². The van der Waals surface area contributed by atoms with E-state index in [0.29, 0.717) is 11.1 Å². The van der Waals surface area contributed by atoms with Crippen molar-refractivity contribution in [3.8, 4) is 0 Å². The molecule has 0 radical (unpaired) electrons. The Hall–Kier alpha value is -4.38. The van der Waals surface area contributed by atoms with Gasteiger partial charge >= 0.3 is 11.9 Å². The smallest absolute Gasteiger partial charge is 0.339 e. The van der Waals surface area contributed by atoms with Crippen molar-refractivity contribution >= 4 is 77.6 Å². The van der Waals surface area contributed by atoms with Gasteiger partial charge in [0.2, 0.25) is 0 Å². The predicted octanol–water partition coefficient (Wildman–Crippen LogP) is 7.14. The van der Waals surface area contributed by atoms with Gasteiger partial charge in [0.25, 0.3) is 0 Å².